The fourth-order valence-electron chi connectivity index (χ4n) is 2.75. The summed E-state index contributed by atoms with van der Waals surface area (Å²) in [5, 5.41) is 0. The van der Waals surface area contributed by atoms with Crippen LogP contribution in [0.3, 0.4) is 0 Å². The largest absolute Gasteiger partial charge is 0.0816 e. The lowest BCUT2D eigenvalue weighted by Gasteiger charge is -2.24. The topological polar surface area (TPSA) is 0 Å². The minimum Gasteiger partial charge on any atom is -0.0816 e. The molecule has 0 heterocycles. The molecule has 0 aromatic rings. The molecule has 2 rings (SSSR count). The van der Waals surface area contributed by atoms with Gasteiger partial charge in [0.2, 0.25) is 0 Å². The zero-order valence-corrected chi connectivity index (χ0v) is 6.98. The van der Waals surface area contributed by atoms with Crippen LogP contribution in [0.5, 0.6) is 0 Å². The minimum absolute atomic E-state index is 0.638. The zero-order valence-electron chi connectivity index (χ0n) is 6.98. The van der Waals surface area contributed by atoms with Gasteiger partial charge in [0.25, 0.3) is 0 Å². The van der Waals surface area contributed by atoms with Crippen molar-refractivity contribution in [3.05, 3.63) is 11.6 Å². The first-order valence-electron chi connectivity index (χ1n) is 4.46. The molecule has 56 valence electrons. The highest BCUT2D eigenvalue weighted by Crippen LogP contribution is 2.54. The molecule has 2 atom stereocenters. The highest BCUT2D eigenvalue weighted by Gasteiger charge is 2.41. The lowest BCUT2D eigenvalue weighted by Crippen LogP contribution is -2.11. The molecule has 0 aromatic heterocycles. The Bertz CT molecular complexity index is 178. The number of rotatable bonds is 1. The predicted octanol–water partition coefficient (Wildman–Crippen LogP) is 3.14. The van der Waals surface area contributed by atoms with Crippen molar-refractivity contribution in [1.82, 2.24) is 0 Å². The molecule has 2 unspecified atom stereocenters. The first kappa shape index (κ1) is 6.45. The van der Waals surface area contributed by atoms with Crippen molar-refractivity contribution < 1.29 is 0 Å². The van der Waals surface area contributed by atoms with Crippen molar-refractivity contribution in [3.8, 4) is 0 Å². The van der Waals surface area contributed by atoms with Crippen molar-refractivity contribution in [2.45, 2.75) is 39.5 Å². The Hall–Kier alpha value is -0.260. The smallest absolute Gasteiger partial charge is 0.0111 e. The second-order valence-corrected chi connectivity index (χ2v) is 4.11. The molecule has 1 saturated carbocycles. The summed E-state index contributed by atoms with van der Waals surface area (Å²) >= 11 is 0. The van der Waals surface area contributed by atoms with Crippen LogP contribution in [0.2, 0.25) is 0 Å². The summed E-state index contributed by atoms with van der Waals surface area (Å²) in [5.74, 6) is 0.958. The van der Waals surface area contributed by atoms with Gasteiger partial charge in [-0.15, -0.1) is 0 Å². The van der Waals surface area contributed by atoms with Crippen LogP contribution in [0.1, 0.15) is 39.5 Å². The summed E-state index contributed by atoms with van der Waals surface area (Å²) in [6.07, 6.45) is 8.18. The van der Waals surface area contributed by atoms with Gasteiger partial charge in [0, 0.05) is 0 Å². The summed E-state index contributed by atoms with van der Waals surface area (Å²) in [4.78, 5) is 0. The highest BCUT2D eigenvalue weighted by molar-refractivity contribution is 5.24. The lowest BCUT2D eigenvalue weighted by atomic mass is 9.81. The molecule has 10 heavy (non-hydrogen) atoms. The normalized spacial score (nSPS) is 44.2. The molecule has 0 amide bonds. The van der Waals surface area contributed by atoms with Crippen LogP contribution in [0.25, 0.3) is 0 Å². The van der Waals surface area contributed by atoms with Gasteiger partial charge in [-0.25, -0.2) is 0 Å². The zero-order chi connectivity index (χ0) is 7.19. The second-order valence-electron chi connectivity index (χ2n) is 4.11. The van der Waals surface area contributed by atoms with Crippen molar-refractivity contribution >= 4 is 0 Å². The fraction of sp³-hybridized carbons (Fsp3) is 0.800. The van der Waals surface area contributed by atoms with Gasteiger partial charge < -0.3 is 0 Å². The maximum atomic E-state index is 2.53. The average molecular weight is 136 g/mol. The monoisotopic (exact) mass is 136 g/mol. The first-order chi connectivity index (χ1) is 4.74. The van der Waals surface area contributed by atoms with Crippen LogP contribution in [0.15, 0.2) is 11.6 Å². The average Bonchev–Trinajstić information content (AvgIpc) is 2.41. The Morgan fingerprint density at radius 1 is 1.70 bits per heavy atom. The van der Waals surface area contributed by atoms with Crippen molar-refractivity contribution in [2.24, 2.45) is 11.3 Å². The van der Waals surface area contributed by atoms with Gasteiger partial charge in [-0.1, -0.05) is 25.5 Å². The Morgan fingerprint density at radius 2 is 2.50 bits per heavy atom. The van der Waals surface area contributed by atoms with E-state index in [0.29, 0.717) is 5.41 Å². The molecule has 0 aliphatic heterocycles. The Kier molecular flexibility index (Phi) is 1.21. The van der Waals surface area contributed by atoms with E-state index < -0.39 is 0 Å². The van der Waals surface area contributed by atoms with E-state index in [0.717, 1.165) is 5.92 Å². The summed E-state index contributed by atoms with van der Waals surface area (Å²) in [6, 6.07) is 0. The molecule has 0 radical (unpaired) electrons. The third-order valence-corrected chi connectivity index (χ3v) is 3.37. The van der Waals surface area contributed by atoms with Crippen LogP contribution >= 0.6 is 0 Å². The van der Waals surface area contributed by atoms with Gasteiger partial charge in [-0.3, -0.25) is 0 Å². The van der Waals surface area contributed by atoms with E-state index in [1.54, 1.807) is 5.57 Å². The third-order valence-electron chi connectivity index (χ3n) is 3.37. The molecule has 0 aromatic carbocycles. The number of hydrogen-bond acceptors (Lipinski definition) is 0. The molecule has 2 aliphatic carbocycles. The summed E-state index contributed by atoms with van der Waals surface area (Å²) in [6.45, 7) is 4.73. The quantitative estimate of drug-likeness (QED) is 0.486. The fourth-order valence-corrected chi connectivity index (χ4v) is 2.75. The second kappa shape index (κ2) is 1.87. The molecule has 1 fully saturated rings. The van der Waals surface area contributed by atoms with Crippen LogP contribution in [0, 0.1) is 11.3 Å². The van der Waals surface area contributed by atoms with Crippen molar-refractivity contribution in [2.75, 3.05) is 0 Å². The van der Waals surface area contributed by atoms with E-state index in [2.05, 4.69) is 19.9 Å². The van der Waals surface area contributed by atoms with E-state index in [4.69, 9.17) is 0 Å². The molecule has 2 aliphatic rings. The molecule has 0 spiro atoms. The highest BCUT2D eigenvalue weighted by atomic mass is 14.5. The van der Waals surface area contributed by atoms with Crippen LogP contribution in [0.4, 0.5) is 0 Å². The third kappa shape index (κ3) is 0.680. The van der Waals surface area contributed by atoms with E-state index >= 15 is 0 Å². The van der Waals surface area contributed by atoms with Crippen molar-refractivity contribution in [3.63, 3.8) is 0 Å². The van der Waals surface area contributed by atoms with E-state index in [1.165, 1.54) is 25.7 Å². The summed E-state index contributed by atoms with van der Waals surface area (Å²) < 4.78 is 0. The SMILES string of the molecule is CCC1=CC2CCC1(C)C2. The van der Waals surface area contributed by atoms with Gasteiger partial charge in [0.15, 0.2) is 0 Å². The van der Waals surface area contributed by atoms with Crippen LogP contribution < -0.4 is 0 Å². The van der Waals surface area contributed by atoms with Gasteiger partial charge in [-0.05, 0) is 37.0 Å². The molecular formula is C10H16. The maximum Gasteiger partial charge on any atom is -0.0111 e. The van der Waals surface area contributed by atoms with Crippen LogP contribution in [-0.4, -0.2) is 0 Å². The van der Waals surface area contributed by atoms with E-state index in [-0.39, 0.29) is 0 Å². The molecule has 0 saturated heterocycles. The number of allylic oxidation sites excluding steroid dienone is 2. The first-order valence-corrected chi connectivity index (χ1v) is 4.46. The standard InChI is InChI=1S/C10H16/c1-3-9-6-8-4-5-10(9,2)7-8/h6,8H,3-5,7H2,1-2H3. The predicted molar refractivity (Wildman–Crippen MR) is 43.8 cm³/mol. The molecule has 0 nitrogen and oxygen atoms in total. The maximum absolute atomic E-state index is 2.53. The molecular weight excluding hydrogens is 120 g/mol. The number of hydrogen-bond donors (Lipinski definition) is 0. The molecule has 2 bridgehead atoms. The van der Waals surface area contributed by atoms with Crippen LogP contribution in [-0.2, 0) is 0 Å². The van der Waals surface area contributed by atoms with Gasteiger partial charge in [0.05, 0.1) is 0 Å². The number of fused-ring (bicyclic) bond motifs is 2. The minimum atomic E-state index is 0.638. The Balaban J connectivity index is 2.29. The Labute approximate surface area is 63.3 Å². The van der Waals surface area contributed by atoms with Gasteiger partial charge in [0.1, 0.15) is 0 Å². The summed E-state index contributed by atoms with van der Waals surface area (Å²) in [5.41, 5.74) is 2.38. The van der Waals surface area contributed by atoms with Gasteiger partial charge in [-0.2, -0.15) is 0 Å². The Morgan fingerprint density at radius 3 is 2.80 bits per heavy atom. The van der Waals surface area contributed by atoms with E-state index in [1.807, 2.05) is 0 Å². The van der Waals surface area contributed by atoms with E-state index in [9.17, 15) is 0 Å². The van der Waals surface area contributed by atoms with Gasteiger partial charge >= 0.3 is 0 Å². The lowest BCUT2D eigenvalue weighted by molar-refractivity contribution is 0.414. The summed E-state index contributed by atoms with van der Waals surface area (Å²) in [7, 11) is 0. The molecule has 0 heteroatoms. The van der Waals surface area contributed by atoms with Crippen molar-refractivity contribution in [1.29, 1.82) is 0 Å². The molecule has 0 N–H and O–H groups in total.